The molecule has 0 aliphatic carbocycles. The molecule has 1 saturated heterocycles. The molecule has 1 aliphatic heterocycles. The minimum absolute atomic E-state index is 0.0101. The summed E-state index contributed by atoms with van der Waals surface area (Å²) in [5, 5.41) is 42.4. The molecule has 398 valence electrons. The summed E-state index contributed by atoms with van der Waals surface area (Å²) in [6.45, 7) is 42.1. The molecule has 7 heterocycles. The third kappa shape index (κ3) is 22.7. The van der Waals surface area contributed by atoms with Crippen molar-refractivity contribution in [1.82, 2.24) is 70.5 Å². The van der Waals surface area contributed by atoms with E-state index in [2.05, 4.69) is 60.9 Å². The van der Waals surface area contributed by atoms with Crippen LogP contribution in [0, 0.1) is 0 Å². The molecule has 1 fully saturated rings. The molecule has 6 aromatic heterocycles. The summed E-state index contributed by atoms with van der Waals surface area (Å²) in [5.74, 6) is 0.912. The van der Waals surface area contributed by atoms with Gasteiger partial charge in [-0.2, -0.15) is 10.2 Å². The van der Waals surface area contributed by atoms with Gasteiger partial charge in [0.2, 0.25) is 17.7 Å². The Hall–Kier alpha value is -6.72. The number of H-pyrrole nitrogens is 7. The Labute approximate surface area is 418 Å². The monoisotopic (exact) mass is 1020 g/mol. The number of hydrogen-bond acceptors (Lipinski definition) is 14. The Kier molecular flexibility index (Phi) is 21.4. The van der Waals surface area contributed by atoms with Crippen molar-refractivity contribution < 1.29 is 24.2 Å². The Morgan fingerprint density at radius 3 is 1.45 bits per heavy atom. The number of aromatic nitrogens is 12. The molecule has 7 rings (SSSR count). The maximum atomic E-state index is 11.0. The van der Waals surface area contributed by atoms with E-state index in [-0.39, 0.29) is 84.4 Å². The fourth-order valence-corrected chi connectivity index (χ4v) is 5.74. The predicted molar refractivity (Wildman–Crippen MR) is 275 cm³/mol. The van der Waals surface area contributed by atoms with Crippen molar-refractivity contribution in [3.05, 3.63) is 100 Å². The second kappa shape index (κ2) is 24.4. The molecule has 0 unspecified atom stereocenters. The van der Waals surface area contributed by atoms with Gasteiger partial charge in [-0.1, -0.05) is 115 Å². The normalized spacial score (nSPS) is 13.0. The van der Waals surface area contributed by atoms with Crippen LogP contribution < -0.4 is 27.2 Å². The molecule has 23 nitrogen and oxygen atoms in total. The highest BCUT2D eigenvalue weighted by Gasteiger charge is 2.34. The van der Waals surface area contributed by atoms with E-state index in [1.807, 2.05) is 145 Å². The van der Waals surface area contributed by atoms with Gasteiger partial charge in [0.25, 0.3) is 5.56 Å². The Morgan fingerprint density at radius 2 is 1.25 bits per heavy atom. The first-order valence-electron chi connectivity index (χ1n) is 22.7. The molecule has 6 aromatic rings. The lowest BCUT2D eigenvalue weighted by Crippen LogP contribution is -2.43. The number of imide groups is 1. The lowest BCUT2D eigenvalue weighted by atomic mass is 9.92. The molecule has 0 aromatic carbocycles. The van der Waals surface area contributed by atoms with E-state index < -0.39 is 5.76 Å². The van der Waals surface area contributed by atoms with Gasteiger partial charge in [0.05, 0.1) is 23.6 Å². The number of urea groups is 1. The summed E-state index contributed by atoms with van der Waals surface area (Å²) < 4.78 is 6.51. The van der Waals surface area contributed by atoms with Crippen LogP contribution in [0.4, 0.5) is 4.79 Å². The van der Waals surface area contributed by atoms with E-state index in [9.17, 15) is 33.9 Å². The topological polar surface area (TPSA) is 338 Å². The van der Waals surface area contributed by atoms with E-state index >= 15 is 0 Å². The van der Waals surface area contributed by atoms with Crippen molar-refractivity contribution in [2.24, 2.45) is 0 Å². The van der Waals surface area contributed by atoms with Crippen LogP contribution in [0.1, 0.15) is 174 Å². The average Bonchev–Trinajstić information content (AvgIpc) is 4.03. The third-order valence-electron chi connectivity index (χ3n) is 9.14. The standard InChI is InChI=1S/C7H12N2O2.4C7H12N2O.C6H10N2O2.C6H10N2OS/c1-7(2,3)9-4-5(10)8-6(9)11;1-7(2,3)6-8-4-5(10)9-6;1-7(2,3)5-4-8-6(10)9-5;1-7(2,3)6-5(10)4-8-9-6;1-7(2,3)9-5-4-6(10)8-9;2*1-6(2,3)4-7-8-5(9)10-4/h4H2,1-3H3,(H,8,10,11);4,10H,1-3H3,(H,8,9);4H,1-3H3,(H2,8,9,10);4,10H,1-3H3,(H,8,9);4-5H,1-3H3,(H,8,10);2*1-3H3,(H,8,9). The molecule has 10 N–H and O–H groups in total. The van der Waals surface area contributed by atoms with Gasteiger partial charge in [-0.25, -0.2) is 29.6 Å². The maximum absolute atomic E-state index is 11.0. The van der Waals surface area contributed by atoms with Crippen LogP contribution in [0.25, 0.3) is 0 Å². The molecule has 3 amide bonds. The molecule has 71 heavy (non-hydrogen) atoms. The van der Waals surface area contributed by atoms with Crippen LogP contribution in [-0.4, -0.2) is 99.4 Å². The molecular formula is C47H80N14O9S. The van der Waals surface area contributed by atoms with Crippen molar-refractivity contribution in [2.45, 2.75) is 184 Å². The summed E-state index contributed by atoms with van der Waals surface area (Å²) in [5.41, 5.74) is 1.01. The predicted octanol–water partition coefficient (Wildman–Crippen LogP) is 6.88. The molecule has 0 saturated carbocycles. The largest absolute Gasteiger partial charge is 0.504 e. The van der Waals surface area contributed by atoms with Crippen molar-refractivity contribution in [2.75, 3.05) is 6.54 Å². The van der Waals surface area contributed by atoms with E-state index in [1.54, 1.807) is 17.1 Å². The van der Waals surface area contributed by atoms with Crippen LogP contribution in [0.3, 0.4) is 0 Å². The number of aromatic amines is 7. The van der Waals surface area contributed by atoms with E-state index in [0.717, 1.165) is 22.2 Å². The van der Waals surface area contributed by atoms with Gasteiger partial charge in [-0.05, 0) is 41.5 Å². The third-order valence-corrected chi connectivity index (χ3v) is 10.3. The quantitative estimate of drug-likeness (QED) is 0.0694. The highest BCUT2D eigenvalue weighted by molar-refractivity contribution is 7.09. The van der Waals surface area contributed by atoms with Crippen LogP contribution in [0.2, 0.25) is 0 Å². The summed E-state index contributed by atoms with van der Waals surface area (Å²) in [6, 6.07) is 1.23. The van der Waals surface area contributed by atoms with E-state index in [4.69, 9.17) is 9.52 Å². The first kappa shape index (κ1) is 62.3. The zero-order valence-corrected chi connectivity index (χ0v) is 46.3. The number of aromatic hydroxyl groups is 2. The smallest absolute Gasteiger partial charge is 0.434 e. The second-order valence-electron chi connectivity index (χ2n) is 23.4. The number of nitrogens with zero attached hydrogens (tertiary/aromatic N) is 6. The number of rotatable bonds is 0. The SMILES string of the molecule is CC(C)(C)N1CC(=O)NC1=O.CC(C)(C)c1[nH]ncc1O.CC(C)(C)c1c[nH]c(=O)[nH]1.CC(C)(C)c1n[nH]c(=O)o1.CC(C)(C)c1n[nH]c(=O)s1.CC(C)(C)c1ncc(O)[nH]1.CC(C)(C)n1ccc(=O)[nH]1. The fourth-order valence-electron chi connectivity index (χ4n) is 5.07. The van der Waals surface area contributed by atoms with E-state index in [1.165, 1.54) is 34.7 Å². The minimum atomic E-state index is -0.495. The van der Waals surface area contributed by atoms with Crippen molar-refractivity contribution in [3.8, 4) is 11.6 Å². The maximum Gasteiger partial charge on any atom is 0.434 e. The molecule has 24 heteroatoms. The van der Waals surface area contributed by atoms with Gasteiger partial charge < -0.3 is 34.5 Å². The van der Waals surface area contributed by atoms with Gasteiger partial charge >= 0.3 is 22.3 Å². The first-order valence-corrected chi connectivity index (χ1v) is 23.5. The zero-order chi connectivity index (χ0) is 55.3. The van der Waals surface area contributed by atoms with Gasteiger partial charge in [-0.15, -0.1) is 5.10 Å². The Bertz CT molecular complexity index is 2540. The van der Waals surface area contributed by atoms with Crippen LogP contribution in [0.15, 0.2) is 54.4 Å². The Morgan fingerprint density at radius 1 is 0.662 bits per heavy atom. The first-order chi connectivity index (χ1) is 31.9. The van der Waals surface area contributed by atoms with Crippen LogP contribution >= 0.6 is 11.3 Å². The van der Waals surface area contributed by atoms with Crippen molar-refractivity contribution >= 4 is 23.3 Å². The molecular weight excluding hydrogens is 937 g/mol. The second-order valence-corrected chi connectivity index (χ2v) is 24.4. The summed E-state index contributed by atoms with van der Waals surface area (Å²) >= 11 is 1.17. The number of imidazole rings is 2. The molecule has 0 spiro atoms. The lowest BCUT2D eigenvalue weighted by Gasteiger charge is -2.29. The number of carbonyl (C=O) groups excluding carboxylic acids is 2. The summed E-state index contributed by atoms with van der Waals surface area (Å²) in [4.78, 5) is 77.6. The van der Waals surface area contributed by atoms with Crippen molar-refractivity contribution in [3.63, 3.8) is 0 Å². The number of amides is 3. The fraction of sp³-hybridized carbons (Fsp3) is 0.617. The molecule has 0 bridgehead atoms. The summed E-state index contributed by atoms with van der Waals surface area (Å²) in [7, 11) is 0. The average molecular weight is 1020 g/mol. The molecule has 0 radical (unpaired) electrons. The molecule has 1 aliphatic rings. The minimum Gasteiger partial charge on any atom is -0.504 e. The number of hydrogen-bond donors (Lipinski definition) is 10. The highest BCUT2D eigenvalue weighted by atomic mass is 32.1. The zero-order valence-electron chi connectivity index (χ0n) is 45.4. The van der Waals surface area contributed by atoms with Gasteiger partial charge in [-0.3, -0.25) is 34.6 Å². The van der Waals surface area contributed by atoms with Crippen LogP contribution in [-0.2, 0) is 37.4 Å². The van der Waals surface area contributed by atoms with Crippen LogP contribution in [0.5, 0.6) is 11.6 Å². The van der Waals surface area contributed by atoms with E-state index in [0.29, 0.717) is 5.89 Å². The van der Waals surface area contributed by atoms with Gasteiger partial charge in [0.15, 0.2) is 5.75 Å². The van der Waals surface area contributed by atoms with Gasteiger partial charge in [0, 0.05) is 56.8 Å². The number of nitrogens with one attached hydrogen (secondary N) is 8. The van der Waals surface area contributed by atoms with Gasteiger partial charge in [0.1, 0.15) is 17.4 Å². The summed E-state index contributed by atoms with van der Waals surface area (Å²) in [6.07, 6.45) is 6.30. The Balaban J connectivity index is 0.000000414. The lowest BCUT2D eigenvalue weighted by molar-refractivity contribution is -0.118. The number of carbonyl (C=O) groups is 2. The van der Waals surface area contributed by atoms with Crippen molar-refractivity contribution in [1.29, 1.82) is 0 Å². The highest BCUT2D eigenvalue weighted by Crippen LogP contribution is 2.27. The molecule has 0 atom stereocenters.